The molecule has 0 bridgehead atoms. The Morgan fingerprint density at radius 3 is 2.74 bits per heavy atom. The van der Waals surface area contributed by atoms with Crippen LogP contribution < -0.4 is 4.90 Å². The first kappa shape index (κ1) is 15.5. The van der Waals surface area contributed by atoms with Gasteiger partial charge in [-0.2, -0.15) is 0 Å². The van der Waals surface area contributed by atoms with E-state index < -0.39 is 4.92 Å². The minimum atomic E-state index is -0.395. The molecule has 2 aromatic heterocycles. The summed E-state index contributed by atoms with van der Waals surface area (Å²) in [6.07, 6.45) is 2.25. The van der Waals surface area contributed by atoms with E-state index in [9.17, 15) is 10.1 Å². The van der Waals surface area contributed by atoms with E-state index in [0.29, 0.717) is 18.0 Å². The number of rotatable bonds is 3. The maximum absolute atomic E-state index is 10.9. The van der Waals surface area contributed by atoms with Crippen molar-refractivity contribution in [3.63, 3.8) is 0 Å². The summed E-state index contributed by atoms with van der Waals surface area (Å²) in [6.45, 7) is 7.57. The summed E-state index contributed by atoms with van der Waals surface area (Å²) in [4.78, 5) is 21.7. The van der Waals surface area contributed by atoms with Gasteiger partial charge in [0.2, 0.25) is 0 Å². The lowest BCUT2D eigenvalue weighted by molar-refractivity contribution is -0.385. The Bertz CT molecular complexity index is 766. The Hall–Kier alpha value is -2.44. The number of aromatic nitrogens is 3. The fourth-order valence-corrected chi connectivity index (χ4v) is 3.16. The highest BCUT2D eigenvalue weighted by atomic mass is 16.6. The summed E-state index contributed by atoms with van der Waals surface area (Å²) >= 11 is 0. The van der Waals surface area contributed by atoms with Crippen molar-refractivity contribution in [3.8, 4) is 0 Å². The Labute approximate surface area is 135 Å². The molecular formula is C16H21N5O2. The molecule has 0 saturated heterocycles. The van der Waals surface area contributed by atoms with Crippen molar-refractivity contribution in [1.29, 1.82) is 0 Å². The lowest BCUT2D eigenvalue weighted by Gasteiger charge is -2.27. The van der Waals surface area contributed by atoms with Crippen molar-refractivity contribution in [2.75, 3.05) is 11.4 Å². The van der Waals surface area contributed by atoms with E-state index in [2.05, 4.69) is 35.3 Å². The van der Waals surface area contributed by atoms with Crippen LogP contribution in [-0.4, -0.2) is 26.0 Å². The van der Waals surface area contributed by atoms with Gasteiger partial charge in [-0.15, -0.1) is 0 Å². The van der Waals surface area contributed by atoms with E-state index in [1.807, 2.05) is 0 Å². The second kappa shape index (κ2) is 5.64. The quantitative estimate of drug-likeness (QED) is 0.643. The van der Waals surface area contributed by atoms with Gasteiger partial charge in [-0.3, -0.25) is 10.1 Å². The number of aryl methyl sites for hydroxylation is 1. The van der Waals surface area contributed by atoms with Crippen molar-refractivity contribution in [2.24, 2.45) is 7.05 Å². The fourth-order valence-electron chi connectivity index (χ4n) is 3.16. The highest BCUT2D eigenvalue weighted by Crippen LogP contribution is 2.27. The average Bonchev–Trinajstić information content (AvgIpc) is 2.83. The Morgan fingerprint density at radius 1 is 1.39 bits per heavy atom. The third-order valence-electron chi connectivity index (χ3n) is 4.40. The summed E-state index contributed by atoms with van der Waals surface area (Å²) < 4.78 is 2.20. The fraction of sp³-hybridized carbons (Fsp3) is 0.500. The molecule has 1 aliphatic heterocycles. The van der Waals surface area contributed by atoms with Gasteiger partial charge < -0.3 is 9.47 Å². The summed E-state index contributed by atoms with van der Waals surface area (Å²) in [5, 5.41) is 10.9. The number of anilines is 1. The summed E-state index contributed by atoms with van der Waals surface area (Å²) in [5.74, 6) is 2.26. The molecular weight excluding hydrogens is 294 g/mol. The standard InChI is InChI=1S/C16H21N5O2/c1-10(2)16-18-12-9-20(6-5-13(12)19(16)4)15-7-11(3)14(8-17-15)21(22)23/h7-8,10H,5-6,9H2,1-4H3. The first-order valence-corrected chi connectivity index (χ1v) is 7.78. The average molecular weight is 315 g/mol. The second-order valence-electron chi connectivity index (χ2n) is 6.33. The largest absolute Gasteiger partial charge is 0.350 e. The zero-order valence-corrected chi connectivity index (χ0v) is 13.9. The molecule has 7 nitrogen and oxygen atoms in total. The number of nitrogens with zero attached hydrogens (tertiary/aromatic N) is 5. The van der Waals surface area contributed by atoms with Gasteiger partial charge in [0.1, 0.15) is 17.8 Å². The van der Waals surface area contributed by atoms with Crippen molar-refractivity contribution in [3.05, 3.63) is 45.2 Å². The third kappa shape index (κ3) is 2.67. The predicted octanol–water partition coefficient (Wildman–Crippen LogP) is 2.72. The summed E-state index contributed by atoms with van der Waals surface area (Å²) in [6, 6.07) is 1.79. The maximum atomic E-state index is 10.9. The molecule has 0 atom stereocenters. The van der Waals surface area contributed by atoms with Crippen LogP contribution in [0.25, 0.3) is 0 Å². The monoisotopic (exact) mass is 315 g/mol. The molecule has 0 unspecified atom stereocenters. The number of hydrogen-bond donors (Lipinski definition) is 0. The molecule has 0 aromatic carbocycles. The molecule has 0 amide bonds. The van der Waals surface area contributed by atoms with Crippen molar-refractivity contribution < 1.29 is 4.92 Å². The van der Waals surface area contributed by atoms with E-state index in [-0.39, 0.29) is 5.69 Å². The number of fused-ring (bicyclic) bond motifs is 1. The Balaban J connectivity index is 1.89. The van der Waals surface area contributed by atoms with Crippen molar-refractivity contribution >= 4 is 11.5 Å². The molecule has 0 spiro atoms. The molecule has 122 valence electrons. The molecule has 0 saturated carbocycles. The lowest BCUT2D eigenvalue weighted by atomic mass is 10.1. The van der Waals surface area contributed by atoms with Gasteiger partial charge in [-0.05, 0) is 13.0 Å². The van der Waals surface area contributed by atoms with Gasteiger partial charge in [0.15, 0.2) is 0 Å². The smallest absolute Gasteiger partial charge is 0.290 e. The Morgan fingerprint density at radius 2 is 2.13 bits per heavy atom. The number of hydrogen-bond acceptors (Lipinski definition) is 5. The van der Waals surface area contributed by atoms with Gasteiger partial charge in [0, 0.05) is 37.2 Å². The van der Waals surface area contributed by atoms with E-state index >= 15 is 0 Å². The van der Waals surface area contributed by atoms with Gasteiger partial charge in [-0.25, -0.2) is 9.97 Å². The maximum Gasteiger partial charge on any atom is 0.290 e. The van der Waals surface area contributed by atoms with Crippen LogP contribution in [0, 0.1) is 17.0 Å². The van der Waals surface area contributed by atoms with E-state index in [4.69, 9.17) is 4.98 Å². The number of pyridine rings is 1. The second-order valence-corrected chi connectivity index (χ2v) is 6.33. The normalized spacial score (nSPS) is 14.2. The van der Waals surface area contributed by atoms with Crippen LogP contribution in [0.3, 0.4) is 0 Å². The van der Waals surface area contributed by atoms with Crippen molar-refractivity contribution in [1.82, 2.24) is 14.5 Å². The highest BCUT2D eigenvalue weighted by Gasteiger charge is 2.25. The van der Waals surface area contributed by atoms with Crippen LogP contribution in [0.4, 0.5) is 11.5 Å². The predicted molar refractivity (Wildman–Crippen MR) is 87.7 cm³/mol. The molecule has 0 aliphatic carbocycles. The zero-order chi connectivity index (χ0) is 16.7. The van der Waals surface area contributed by atoms with E-state index in [0.717, 1.165) is 30.3 Å². The van der Waals surface area contributed by atoms with Crippen LogP contribution in [-0.2, 0) is 20.0 Å². The van der Waals surface area contributed by atoms with Crippen molar-refractivity contribution in [2.45, 2.75) is 39.7 Å². The number of nitro groups is 1. The van der Waals surface area contributed by atoms with E-state index in [1.54, 1.807) is 13.0 Å². The zero-order valence-electron chi connectivity index (χ0n) is 13.9. The van der Waals surface area contributed by atoms with Crippen LogP contribution in [0.1, 0.15) is 42.5 Å². The first-order chi connectivity index (χ1) is 10.9. The molecule has 3 rings (SSSR count). The minimum Gasteiger partial charge on any atom is -0.350 e. The molecule has 23 heavy (non-hydrogen) atoms. The van der Waals surface area contributed by atoms with Gasteiger partial charge in [0.25, 0.3) is 5.69 Å². The highest BCUT2D eigenvalue weighted by molar-refractivity contribution is 5.50. The van der Waals surface area contributed by atoms with Crippen LogP contribution in [0.15, 0.2) is 12.3 Å². The Kier molecular flexibility index (Phi) is 3.79. The molecule has 3 heterocycles. The topological polar surface area (TPSA) is 77.1 Å². The molecule has 0 radical (unpaired) electrons. The summed E-state index contributed by atoms with van der Waals surface area (Å²) in [7, 11) is 2.07. The molecule has 1 aliphatic rings. The number of imidazole rings is 1. The lowest BCUT2D eigenvalue weighted by Crippen LogP contribution is -2.31. The minimum absolute atomic E-state index is 0.0615. The molecule has 0 fully saturated rings. The molecule has 7 heteroatoms. The van der Waals surface area contributed by atoms with Crippen LogP contribution in [0.5, 0.6) is 0 Å². The molecule has 0 N–H and O–H groups in total. The van der Waals surface area contributed by atoms with Gasteiger partial charge in [0.05, 0.1) is 17.2 Å². The van der Waals surface area contributed by atoms with Crippen LogP contribution in [0.2, 0.25) is 0 Å². The third-order valence-corrected chi connectivity index (χ3v) is 4.40. The van der Waals surface area contributed by atoms with Gasteiger partial charge in [-0.1, -0.05) is 13.8 Å². The molecule has 2 aromatic rings. The van der Waals surface area contributed by atoms with Gasteiger partial charge >= 0.3 is 0 Å². The van der Waals surface area contributed by atoms with E-state index in [1.165, 1.54) is 11.9 Å². The first-order valence-electron chi connectivity index (χ1n) is 7.78. The van der Waals surface area contributed by atoms with Crippen LogP contribution >= 0.6 is 0 Å². The summed E-state index contributed by atoms with van der Waals surface area (Å²) in [5.41, 5.74) is 3.06. The SMILES string of the molecule is Cc1cc(N2CCc3c(nc(C(C)C)n3C)C2)ncc1[N+](=O)[O-].